The van der Waals surface area contributed by atoms with Gasteiger partial charge in [-0.2, -0.15) is 0 Å². The van der Waals surface area contributed by atoms with Gasteiger partial charge in [-0.1, -0.05) is 68.4 Å². The lowest BCUT2D eigenvalue weighted by Crippen LogP contribution is -2.13. The molecule has 98 valence electrons. The third kappa shape index (κ3) is 3.02. The van der Waals surface area contributed by atoms with E-state index in [1.54, 1.807) is 0 Å². The Morgan fingerprint density at radius 1 is 0.842 bits per heavy atom. The van der Waals surface area contributed by atoms with E-state index < -0.39 is 11.9 Å². The molecule has 0 heterocycles. The van der Waals surface area contributed by atoms with Crippen molar-refractivity contribution in [1.82, 2.24) is 0 Å². The van der Waals surface area contributed by atoms with Crippen molar-refractivity contribution in [1.29, 1.82) is 0 Å². The van der Waals surface area contributed by atoms with Gasteiger partial charge in [0.1, 0.15) is 5.92 Å². The fraction of sp³-hybridized carbons (Fsp3) is 0.235. The maximum Gasteiger partial charge on any atom is 0.315 e. The maximum absolute atomic E-state index is 11.5. The van der Waals surface area contributed by atoms with Crippen LogP contribution in [0.2, 0.25) is 0 Å². The van der Waals surface area contributed by atoms with Crippen LogP contribution in [0.15, 0.2) is 54.6 Å². The van der Waals surface area contributed by atoms with E-state index in [1.807, 2.05) is 54.6 Å². The monoisotopic (exact) mass is 254 g/mol. The quantitative estimate of drug-likeness (QED) is 0.894. The van der Waals surface area contributed by atoms with Crippen molar-refractivity contribution >= 4 is 5.97 Å². The molecule has 0 aliphatic heterocycles. The summed E-state index contributed by atoms with van der Waals surface area (Å²) in [4.78, 5) is 11.5. The van der Waals surface area contributed by atoms with Gasteiger partial charge < -0.3 is 5.11 Å². The van der Waals surface area contributed by atoms with Gasteiger partial charge in [0.05, 0.1) is 0 Å². The molecule has 0 aliphatic rings. The van der Waals surface area contributed by atoms with E-state index in [4.69, 9.17) is 0 Å². The molecule has 0 fully saturated rings. The molecule has 0 radical (unpaired) electrons. The van der Waals surface area contributed by atoms with Crippen LogP contribution in [-0.2, 0) is 4.79 Å². The Morgan fingerprint density at radius 2 is 1.32 bits per heavy atom. The Kier molecular flexibility index (Phi) is 4.00. The summed E-state index contributed by atoms with van der Waals surface area (Å²) in [6, 6.07) is 17.2. The van der Waals surface area contributed by atoms with Crippen LogP contribution >= 0.6 is 0 Å². The first-order valence-electron chi connectivity index (χ1n) is 6.47. The Balaban J connectivity index is 2.38. The van der Waals surface area contributed by atoms with Gasteiger partial charge in [-0.15, -0.1) is 0 Å². The first kappa shape index (κ1) is 13.3. The summed E-state index contributed by atoms with van der Waals surface area (Å²) >= 11 is 0. The molecule has 0 amide bonds. The first-order chi connectivity index (χ1) is 9.09. The summed E-state index contributed by atoms with van der Waals surface area (Å²) in [5.74, 6) is -0.958. The van der Waals surface area contributed by atoms with Gasteiger partial charge in [0.15, 0.2) is 0 Å². The molecular formula is C17H18O2. The van der Waals surface area contributed by atoms with Gasteiger partial charge in [0.25, 0.3) is 0 Å². The molecule has 0 spiro atoms. The van der Waals surface area contributed by atoms with Crippen molar-refractivity contribution in [3.8, 4) is 0 Å². The standard InChI is InChI=1S/C17H18O2/c1-12(2)13-8-10-15(11-9-13)16(17(18)19)14-6-4-3-5-7-14/h3-12,16H,1-2H3,(H,18,19). The predicted molar refractivity (Wildman–Crippen MR) is 76.5 cm³/mol. The second kappa shape index (κ2) is 5.70. The lowest BCUT2D eigenvalue weighted by molar-refractivity contribution is -0.137. The predicted octanol–water partition coefficient (Wildman–Crippen LogP) is 4.03. The fourth-order valence-corrected chi connectivity index (χ4v) is 2.20. The Bertz CT molecular complexity index is 541. The number of aliphatic carboxylic acids is 1. The molecule has 0 aliphatic carbocycles. The van der Waals surface area contributed by atoms with Crippen LogP contribution in [0, 0.1) is 0 Å². The summed E-state index contributed by atoms with van der Waals surface area (Å²) in [5.41, 5.74) is 2.86. The third-order valence-corrected chi connectivity index (χ3v) is 3.32. The normalized spacial score (nSPS) is 12.4. The van der Waals surface area contributed by atoms with Crippen LogP contribution in [-0.4, -0.2) is 11.1 Å². The van der Waals surface area contributed by atoms with Crippen LogP contribution in [0.1, 0.15) is 42.4 Å². The molecule has 2 aromatic rings. The average Bonchev–Trinajstić information content (AvgIpc) is 2.40. The zero-order chi connectivity index (χ0) is 13.8. The van der Waals surface area contributed by atoms with Crippen LogP contribution in [0.25, 0.3) is 0 Å². The number of rotatable bonds is 4. The second-order valence-electron chi connectivity index (χ2n) is 5.00. The van der Waals surface area contributed by atoms with Crippen molar-refractivity contribution in [3.63, 3.8) is 0 Å². The average molecular weight is 254 g/mol. The van der Waals surface area contributed by atoms with Crippen LogP contribution in [0.3, 0.4) is 0 Å². The van der Waals surface area contributed by atoms with Crippen molar-refractivity contribution in [2.75, 3.05) is 0 Å². The summed E-state index contributed by atoms with van der Waals surface area (Å²) in [5, 5.41) is 9.46. The largest absolute Gasteiger partial charge is 0.481 e. The smallest absolute Gasteiger partial charge is 0.315 e. The zero-order valence-electron chi connectivity index (χ0n) is 11.2. The van der Waals surface area contributed by atoms with E-state index in [2.05, 4.69) is 13.8 Å². The van der Waals surface area contributed by atoms with E-state index in [-0.39, 0.29) is 0 Å². The number of hydrogen-bond donors (Lipinski definition) is 1. The topological polar surface area (TPSA) is 37.3 Å². The zero-order valence-corrected chi connectivity index (χ0v) is 11.2. The van der Waals surface area contributed by atoms with E-state index in [0.29, 0.717) is 5.92 Å². The molecule has 0 aromatic heterocycles. The molecular weight excluding hydrogens is 236 g/mol. The van der Waals surface area contributed by atoms with Gasteiger partial charge in [-0.25, -0.2) is 0 Å². The summed E-state index contributed by atoms with van der Waals surface area (Å²) in [6.07, 6.45) is 0. The van der Waals surface area contributed by atoms with E-state index in [0.717, 1.165) is 11.1 Å². The Morgan fingerprint density at radius 3 is 1.79 bits per heavy atom. The van der Waals surface area contributed by atoms with Gasteiger partial charge >= 0.3 is 5.97 Å². The molecule has 1 atom stereocenters. The van der Waals surface area contributed by atoms with Gasteiger partial charge in [0, 0.05) is 0 Å². The van der Waals surface area contributed by atoms with Crippen LogP contribution in [0.4, 0.5) is 0 Å². The van der Waals surface area contributed by atoms with E-state index >= 15 is 0 Å². The highest BCUT2D eigenvalue weighted by Crippen LogP contribution is 2.26. The molecule has 2 heteroatoms. The molecule has 1 N–H and O–H groups in total. The van der Waals surface area contributed by atoms with Gasteiger partial charge in [-0.3, -0.25) is 4.79 Å². The second-order valence-corrected chi connectivity index (χ2v) is 5.00. The number of benzene rings is 2. The van der Waals surface area contributed by atoms with Crippen molar-refractivity contribution in [2.45, 2.75) is 25.7 Å². The lowest BCUT2D eigenvalue weighted by Gasteiger charge is -2.14. The van der Waals surface area contributed by atoms with Crippen molar-refractivity contribution < 1.29 is 9.90 Å². The number of hydrogen-bond acceptors (Lipinski definition) is 1. The fourth-order valence-electron chi connectivity index (χ4n) is 2.20. The lowest BCUT2D eigenvalue weighted by atomic mass is 9.90. The molecule has 0 bridgehead atoms. The summed E-state index contributed by atoms with van der Waals surface area (Å²) in [6.45, 7) is 4.25. The Labute approximate surface area is 113 Å². The van der Waals surface area contributed by atoms with Crippen molar-refractivity contribution in [3.05, 3.63) is 71.3 Å². The molecule has 2 nitrogen and oxygen atoms in total. The highest BCUT2D eigenvalue weighted by atomic mass is 16.4. The summed E-state index contributed by atoms with van der Waals surface area (Å²) in [7, 11) is 0. The molecule has 2 aromatic carbocycles. The number of carboxylic acids is 1. The number of carboxylic acid groups (broad SMARTS) is 1. The highest BCUT2D eigenvalue weighted by Gasteiger charge is 2.21. The molecule has 1 unspecified atom stereocenters. The highest BCUT2D eigenvalue weighted by molar-refractivity contribution is 5.80. The van der Waals surface area contributed by atoms with Crippen LogP contribution in [0.5, 0.6) is 0 Å². The number of carbonyl (C=O) groups is 1. The van der Waals surface area contributed by atoms with Crippen molar-refractivity contribution in [2.24, 2.45) is 0 Å². The molecule has 0 saturated carbocycles. The minimum atomic E-state index is -0.816. The first-order valence-corrected chi connectivity index (χ1v) is 6.47. The molecule has 2 rings (SSSR count). The minimum absolute atomic E-state index is 0.453. The van der Waals surface area contributed by atoms with Gasteiger partial charge in [0.2, 0.25) is 0 Å². The SMILES string of the molecule is CC(C)c1ccc(C(C(=O)O)c2ccccc2)cc1. The third-order valence-electron chi connectivity index (χ3n) is 3.32. The molecule has 0 saturated heterocycles. The van der Waals surface area contributed by atoms with E-state index in [1.165, 1.54) is 5.56 Å². The van der Waals surface area contributed by atoms with E-state index in [9.17, 15) is 9.90 Å². The summed E-state index contributed by atoms with van der Waals surface area (Å²) < 4.78 is 0. The minimum Gasteiger partial charge on any atom is -0.481 e. The Hall–Kier alpha value is -2.09. The molecule has 19 heavy (non-hydrogen) atoms. The van der Waals surface area contributed by atoms with Crippen LogP contribution < -0.4 is 0 Å². The van der Waals surface area contributed by atoms with Gasteiger partial charge in [-0.05, 0) is 22.6 Å². The maximum atomic E-state index is 11.5.